The lowest BCUT2D eigenvalue weighted by Gasteiger charge is -2.26. The highest BCUT2D eigenvalue weighted by Crippen LogP contribution is 2.23. The molecular formula is C19H22FNO2. The summed E-state index contributed by atoms with van der Waals surface area (Å²) in [6.45, 7) is 3.95. The predicted molar refractivity (Wildman–Crippen MR) is 88.3 cm³/mol. The van der Waals surface area contributed by atoms with Gasteiger partial charge in [0.1, 0.15) is 5.82 Å². The molecule has 2 aromatic rings. The standard InChI is InChI=1S/C19H22FNO2/c1-13-7-9-15(10-8-13)14(2)21(3)19(23)12-18(22)16-5-4-6-17(20)11-16/h4-11,14,18,22H,12H2,1-3H3. The molecule has 2 atom stereocenters. The van der Waals surface area contributed by atoms with Crippen LogP contribution >= 0.6 is 0 Å². The average molecular weight is 315 g/mol. The van der Waals surface area contributed by atoms with Gasteiger partial charge in [0.15, 0.2) is 0 Å². The Kier molecular flexibility index (Phi) is 5.50. The van der Waals surface area contributed by atoms with Crippen molar-refractivity contribution in [3.05, 3.63) is 71.0 Å². The number of rotatable bonds is 5. The topological polar surface area (TPSA) is 40.5 Å². The van der Waals surface area contributed by atoms with E-state index in [9.17, 15) is 14.3 Å². The normalized spacial score (nSPS) is 13.4. The van der Waals surface area contributed by atoms with Crippen LogP contribution in [-0.4, -0.2) is 23.0 Å². The fourth-order valence-electron chi connectivity index (χ4n) is 2.43. The van der Waals surface area contributed by atoms with Crippen molar-refractivity contribution < 1.29 is 14.3 Å². The minimum absolute atomic E-state index is 0.0733. The van der Waals surface area contributed by atoms with Gasteiger partial charge in [-0.1, -0.05) is 42.0 Å². The number of aryl methyl sites for hydroxylation is 1. The van der Waals surface area contributed by atoms with Crippen molar-refractivity contribution in [3.63, 3.8) is 0 Å². The lowest BCUT2D eigenvalue weighted by atomic mass is 10.0. The van der Waals surface area contributed by atoms with Crippen LogP contribution in [0.3, 0.4) is 0 Å². The van der Waals surface area contributed by atoms with Crippen LogP contribution in [-0.2, 0) is 4.79 Å². The van der Waals surface area contributed by atoms with Crippen molar-refractivity contribution in [1.29, 1.82) is 0 Å². The zero-order valence-corrected chi connectivity index (χ0v) is 13.7. The van der Waals surface area contributed by atoms with E-state index in [4.69, 9.17) is 0 Å². The van der Waals surface area contributed by atoms with Crippen LogP contribution < -0.4 is 0 Å². The fourth-order valence-corrected chi connectivity index (χ4v) is 2.43. The molecule has 0 aliphatic rings. The first-order chi connectivity index (χ1) is 10.9. The largest absolute Gasteiger partial charge is 0.388 e. The van der Waals surface area contributed by atoms with E-state index in [0.29, 0.717) is 5.56 Å². The number of hydrogen-bond acceptors (Lipinski definition) is 2. The van der Waals surface area contributed by atoms with Crippen molar-refractivity contribution in [3.8, 4) is 0 Å². The first kappa shape index (κ1) is 17.2. The molecule has 0 aromatic heterocycles. The molecule has 2 rings (SSSR count). The summed E-state index contributed by atoms with van der Waals surface area (Å²) in [5.41, 5.74) is 2.61. The molecule has 0 saturated carbocycles. The van der Waals surface area contributed by atoms with Crippen LogP contribution in [0.2, 0.25) is 0 Å². The minimum Gasteiger partial charge on any atom is -0.388 e. The second-order valence-electron chi connectivity index (χ2n) is 5.87. The lowest BCUT2D eigenvalue weighted by Crippen LogP contribution is -2.30. The van der Waals surface area contributed by atoms with E-state index in [1.54, 1.807) is 18.0 Å². The number of benzene rings is 2. The zero-order valence-electron chi connectivity index (χ0n) is 13.7. The Bertz CT molecular complexity index is 669. The minimum atomic E-state index is -1.01. The van der Waals surface area contributed by atoms with E-state index in [2.05, 4.69) is 0 Å². The number of carbonyl (C=O) groups excluding carboxylic acids is 1. The molecule has 1 amide bonds. The van der Waals surface area contributed by atoms with Crippen molar-refractivity contribution in [2.24, 2.45) is 0 Å². The Labute approximate surface area is 136 Å². The summed E-state index contributed by atoms with van der Waals surface area (Å²) in [7, 11) is 1.71. The Balaban J connectivity index is 2.03. The van der Waals surface area contributed by atoms with Gasteiger partial charge < -0.3 is 10.0 Å². The summed E-state index contributed by atoms with van der Waals surface area (Å²) in [4.78, 5) is 14.0. The number of carbonyl (C=O) groups is 1. The summed E-state index contributed by atoms with van der Waals surface area (Å²) < 4.78 is 13.2. The van der Waals surface area contributed by atoms with Gasteiger partial charge in [-0.2, -0.15) is 0 Å². The second kappa shape index (κ2) is 7.38. The average Bonchev–Trinajstić information content (AvgIpc) is 2.54. The molecule has 0 radical (unpaired) electrons. The first-order valence-corrected chi connectivity index (χ1v) is 7.64. The molecule has 0 spiro atoms. The SMILES string of the molecule is Cc1ccc(C(C)N(C)C(=O)CC(O)c2cccc(F)c2)cc1. The summed E-state index contributed by atoms with van der Waals surface area (Å²) in [5, 5.41) is 10.1. The Morgan fingerprint density at radius 3 is 2.43 bits per heavy atom. The predicted octanol–water partition coefficient (Wildman–Crippen LogP) is 3.78. The smallest absolute Gasteiger partial charge is 0.225 e. The number of aliphatic hydroxyl groups is 1. The molecule has 2 unspecified atom stereocenters. The van der Waals surface area contributed by atoms with E-state index in [0.717, 1.165) is 11.1 Å². The van der Waals surface area contributed by atoms with E-state index < -0.39 is 11.9 Å². The van der Waals surface area contributed by atoms with Gasteiger partial charge in [0.05, 0.1) is 18.6 Å². The van der Waals surface area contributed by atoms with Gasteiger partial charge >= 0.3 is 0 Å². The third-order valence-electron chi connectivity index (χ3n) is 4.14. The highest BCUT2D eigenvalue weighted by Gasteiger charge is 2.21. The van der Waals surface area contributed by atoms with Crippen LogP contribution in [0.15, 0.2) is 48.5 Å². The number of amides is 1. The third kappa shape index (κ3) is 4.39. The molecule has 2 aromatic carbocycles. The van der Waals surface area contributed by atoms with Crippen molar-refractivity contribution in [2.75, 3.05) is 7.05 Å². The summed E-state index contributed by atoms with van der Waals surface area (Å²) in [6, 6.07) is 13.6. The highest BCUT2D eigenvalue weighted by atomic mass is 19.1. The summed E-state index contributed by atoms with van der Waals surface area (Å²) in [5.74, 6) is -0.606. The molecule has 0 bridgehead atoms. The number of halogens is 1. The van der Waals surface area contributed by atoms with Gasteiger partial charge in [0, 0.05) is 7.05 Å². The maximum Gasteiger partial charge on any atom is 0.225 e. The maximum atomic E-state index is 13.2. The van der Waals surface area contributed by atoms with Crippen LogP contribution in [0.1, 0.15) is 42.2 Å². The van der Waals surface area contributed by atoms with Gasteiger partial charge in [0.25, 0.3) is 0 Å². The van der Waals surface area contributed by atoms with Crippen LogP contribution in [0.25, 0.3) is 0 Å². The van der Waals surface area contributed by atoms with E-state index in [-0.39, 0.29) is 18.4 Å². The lowest BCUT2D eigenvalue weighted by molar-refractivity contribution is -0.134. The highest BCUT2D eigenvalue weighted by molar-refractivity contribution is 5.77. The molecule has 1 N–H and O–H groups in total. The van der Waals surface area contributed by atoms with Crippen molar-refractivity contribution in [1.82, 2.24) is 4.90 Å². The maximum absolute atomic E-state index is 13.2. The monoisotopic (exact) mass is 315 g/mol. The van der Waals surface area contributed by atoms with E-state index in [1.165, 1.54) is 18.2 Å². The Morgan fingerprint density at radius 2 is 1.83 bits per heavy atom. The second-order valence-corrected chi connectivity index (χ2v) is 5.87. The van der Waals surface area contributed by atoms with Gasteiger partial charge in [0.2, 0.25) is 5.91 Å². The summed E-state index contributed by atoms with van der Waals surface area (Å²) in [6.07, 6.45) is -1.08. The number of nitrogens with zero attached hydrogens (tertiary/aromatic N) is 1. The van der Waals surface area contributed by atoms with Crippen LogP contribution in [0.5, 0.6) is 0 Å². The van der Waals surface area contributed by atoms with Gasteiger partial charge in [-0.15, -0.1) is 0 Å². The number of hydrogen-bond donors (Lipinski definition) is 1. The zero-order chi connectivity index (χ0) is 17.0. The third-order valence-corrected chi connectivity index (χ3v) is 4.14. The van der Waals surface area contributed by atoms with Crippen LogP contribution in [0.4, 0.5) is 4.39 Å². The molecule has 0 fully saturated rings. The molecule has 122 valence electrons. The molecule has 0 aliphatic heterocycles. The Morgan fingerprint density at radius 1 is 1.17 bits per heavy atom. The van der Waals surface area contributed by atoms with Gasteiger partial charge in [-0.25, -0.2) is 4.39 Å². The van der Waals surface area contributed by atoms with E-state index >= 15 is 0 Å². The van der Waals surface area contributed by atoms with Crippen LogP contribution in [0, 0.1) is 12.7 Å². The summed E-state index contributed by atoms with van der Waals surface area (Å²) >= 11 is 0. The fraction of sp³-hybridized carbons (Fsp3) is 0.316. The first-order valence-electron chi connectivity index (χ1n) is 7.64. The number of aliphatic hydroxyl groups excluding tert-OH is 1. The quantitative estimate of drug-likeness (QED) is 0.912. The molecule has 0 heterocycles. The van der Waals surface area contributed by atoms with Gasteiger partial charge in [-0.3, -0.25) is 4.79 Å². The molecule has 0 aliphatic carbocycles. The Hall–Kier alpha value is -2.20. The molecule has 23 heavy (non-hydrogen) atoms. The molecular weight excluding hydrogens is 293 g/mol. The van der Waals surface area contributed by atoms with Crippen molar-refractivity contribution >= 4 is 5.91 Å². The molecule has 4 heteroatoms. The van der Waals surface area contributed by atoms with Gasteiger partial charge in [-0.05, 0) is 37.1 Å². The molecule has 3 nitrogen and oxygen atoms in total. The van der Waals surface area contributed by atoms with E-state index in [1.807, 2.05) is 38.1 Å². The van der Waals surface area contributed by atoms with Crippen molar-refractivity contribution in [2.45, 2.75) is 32.4 Å². The molecule has 0 saturated heterocycles.